The van der Waals surface area contributed by atoms with Gasteiger partial charge in [0, 0.05) is 25.0 Å². The lowest BCUT2D eigenvalue weighted by atomic mass is 9.84. The maximum Gasteiger partial charge on any atom is 0.418 e. The molecule has 17 nitrogen and oxygen atoms in total. The van der Waals surface area contributed by atoms with Gasteiger partial charge in [-0.3, -0.25) is 19.1 Å². The van der Waals surface area contributed by atoms with Gasteiger partial charge in [-0.2, -0.15) is 13.5 Å². The number of oxime groups is 1. The lowest BCUT2D eigenvalue weighted by Crippen LogP contribution is -2.76. The second-order valence-electron chi connectivity index (χ2n) is 10.1. The number of carbonyl (C=O) groups is 2. The molecule has 2 amide bonds. The maximum absolute atomic E-state index is 13.1. The van der Waals surface area contributed by atoms with Crippen LogP contribution in [0, 0.1) is 0 Å². The number of β-lactam (4-membered cyclic amide) rings is 1. The number of nitrogens with zero attached hydrogens (tertiary/aromatic N) is 5. The van der Waals surface area contributed by atoms with Crippen LogP contribution in [-0.4, -0.2) is 89.3 Å². The van der Waals surface area contributed by atoms with Crippen LogP contribution in [0.2, 0.25) is 0 Å². The number of ether oxygens (including phenoxy) is 1. The molecule has 0 bridgehead atoms. The number of rotatable bonds is 13. The first kappa shape index (κ1) is 31.9. The Bertz CT molecular complexity index is 1530. The number of aromatic nitrogens is 1. The Balaban J connectivity index is 1.33. The maximum atomic E-state index is 13.1. The summed E-state index contributed by atoms with van der Waals surface area (Å²) in [6.07, 6.45) is 0.766. The summed E-state index contributed by atoms with van der Waals surface area (Å²) >= 11 is 1.07. The van der Waals surface area contributed by atoms with Crippen molar-refractivity contribution >= 4 is 50.4 Å². The molecule has 0 radical (unpaired) electrons. The van der Waals surface area contributed by atoms with Crippen LogP contribution in [0.25, 0.3) is 0 Å². The Morgan fingerprint density at radius 2 is 2.02 bits per heavy atom. The summed E-state index contributed by atoms with van der Waals surface area (Å²) in [5, 5.41) is 8.47. The standard InChI is InChI=1S/C24H33N9O8S2/c1-24(2)19(21(35)33(24)41-43(36,37)38)30-20(34)18(17-13-42-23(27)29-17)31-40-9-8-39-16-5-4-14-11-32(12-15(14)10-16)22(26)28-7-3-6-25/h4-5,10,13,19H,3,6-9,11-12,25H2,1-2H3,(H2,26,28)(H2,27,29)(H,30,34)(H,36,37,38)/b31-18-/t19-/m1/s1. The highest BCUT2D eigenvalue weighted by atomic mass is 32.3. The van der Waals surface area contributed by atoms with Crippen LogP contribution in [0.3, 0.4) is 0 Å². The molecule has 0 spiro atoms. The van der Waals surface area contributed by atoms with E-state index < -0.39 is 33.8 Å². The highest BCUT2D eigenvalue weighted by molar-refractivity contribution is 7.80. The number of hydroxylamine groups is 2. The van der Waals surface area contributed by atoms with E-state index in [1.165, 1.54) is 19.2 Å². The lowest BCUT2D eigenvalue weighted by Gasteiger charge is -2.50. The number of hydrogen-bond donors (Lipinski definition) is 5. The van der Waals surface area contributed by atoms with E-state index in [0.29, 0.717) is 43.0 Å². The highest BCUT2D eigenvalue weighted by Gasteiger charge is 2.58. The van der Waals surface area contributed by atoms with Crippen molar-refractivity contribution < 1.29 is 36.4 Å². The molecule has 3 heterocycles. The summed E-state index contributed by atoms with van der Waals surface area (Å²) in [4.78, 5) is 41.2. The predicted molar refractivity (Wildman–Crippen MR) is 156 cm³/mol. The van der Waals surface area contributed by atoms with E-state index in [4.69, 9.17) is 31.3 Å². The fraction of sp³-hybridized carbons (Fsp3) is 0.458. The number of nitrogens with one attached hydrogen (secondary N) is 1. The summed E-state index contributed by atoms with van der Waals surface area (Å²) in [5.41, 5.74) is 18.0. The molecule has 1 aromatic heterocycles. The SMILES string of the molecule is CC1(C)[C@H](NC(=O)/C(=N\OCCOc2ccc3c(c2)CN(C(N)=NCCCN)C3)c2csc(N)n2)C(=O)N1OS(=O)(=O)O. The minimum absolute atomic E-state index is 0.0375. The normalized spacial score (nSPS) is 18.3. The third kappa shape index (κ3) is 7.68. The van der Waals surface area contributed by atoms with Crippen LogP contribution >= 0.6 is 11.3 Å². The van der Waals surface area contributed by atoms with Crippen molar-refractivity contribution in [2.75, 3.05) is 32.0 Å². The van der Waals surface area contributed by atoms with Gasteiger partial charge in [0.05, 0.1) is 5.54 Å². The first-order valence-electron chi connectivity index (χ1n) is 13.0. The molecule has 1 atom stereocenters. The molecular formula is C24H33N9O8S2. The quantitative estimate of drug-likeness (QED) is 0.0457. The fourth-order valence-corrected chi connectivity index (χ4v) is 5.34. The minimum Gasteiger partial charge on any atom is -0.490 e. The second kappa shape index (κ2) is 13.1. The van der Waals surface area contributed by atoms with Crippen molar-refractivity contribution in [3.63, 3.8) is 0 Å². The van der Waals surface area contributed by atoms with Gasteiger partial charge in [-0.25, -0.2) is 4.98 Å². The van der Waals surface area contributed by atoms with E-state index in [1.54, 1.807) is 0 Å². The molecule has 1 fully saturated rings. The van der Waals surface area contributed by atoms with Crippen LogP contribution in [0.15, 0.2) is 33.7 Å². The average molecular weight is 640 g/mol. The third-order valence-corrected chi connectivity index (χ3v) is 7.57. The number of anilines is 1. The number of amides is 2. The number of benzene rings is 1. The molecule has 8 N–H and O–H groups in total. The molecule has 0 saturated carbocycles. The van der Waals surface area contributed by atoms with Crippen LogP contribution in [0.1, 0.15) is 37.1 Å². The van der Waals surface area contributed by atoms with E-state index in [0.717, 1.165) is 28.9 Å². The zero-order valence-electron chi connectivity index (χ0n) is 23.4. The number of guanidine groups is 1. The van der Waals surface area contributed by atoms with Crippen LogP contribution in [0.5, 0.6) is 5.75 Å². The molecular weight excluding hydrogens is 606 g/mol. The van der Waals surface area contributed by atoms with Crippen LogP contribution < -0.4 is 27.3 Å². The Morgan fingerprint density at radius 1 is 1.28 bits per heavy atom. The van der Waals surface area contributed by atoms with Gasteiger partial charge in [0.15, 0.2) is 23.4 Å². The van der Waals surface area contributed by atoms with Crippen molar-refractivity contribution in [3.8, 4) is 5.75 Å². The zero-order chi connectivity index (χ0) is 31.4. The first-order valence-corrected chi connectivity index (χ1v) is 15.3. The molecule has 4 rings (SSSR count). The number of nitrogen functional groups attached to an aromatic ring is 1. The lowest BCUT2D eigenvalue weighted by molar-refractivity contribution is -0.218. The molecule has 2 aromatic rings. The molecule has 234 valence electrons. The molecule has 0 aliphatic carbocycles. The molecule has 19 heteroatoms. The van der Waals surface area contributed by atoms with Crippen molar-refractivity contribution in [1.29, 1.82) is 0 Å². The van der Waals surface area contributed by atoms with Gasteiger partial charge < -0.3 is 37.0 Å². The van der Waals surface area contributed by atoms with E-state index in [2.05, 4.69) is 24.7 Å². The number of nitrogens with two attached hydrogens (primary N) is 3. The molecule has 2 aliphatic heterocycles. The minimum atomic E-state index is -4.95. The molecule has 43 heavy (non-hydrogen) atoms. The summed E-state index contributed by atoms with van der Waals surface area (Å²) in [6, 6.07) is 4.50. The van der Waals surface area contributed by atoms with Gasteiger partial charge in [0.25, 0.3) is 11.8 Å². The van der Waals surface area contributed by atoms with E-state index in [1.807, 2.05) is 23.1 Å². The monoisotopic (exact) mass is 639 g/mol. The van der Waals surface area contributed by atoms with Gasteiger partial charge >= 0.3 is 10.4 Å². The molecule has 2 aliphatic rings. The van der Waals surface area contributed by atoms with Gasteiger partial charge in [0.1, 0.15) is 24.1 Å². The fourth-order valence-electron chi connectivity index (χ4n) is 4.33. The van der Waals surface area contributed by atoms with Crippen molar-refractivity contribution in [2.24, 2.45) is 21.6 Å². The molecule has 1 saturated heterocycles. The van der Waals surface area contributed by atoms with Crippen LogP contribution in [0.4, 0.5) is 5.13 Å². The van der Waals surface area contributed by atoms with Gasteiger partial charge in [0.2, 0.25) is 0 Å². The smallest absolute Gasteiger partial charge is 0.418 e. The van der Waals surface area contributed by atoms with E-state index in [-0.39, 0.29) is 29.8 Å². The Hall–Kier alpha value is -4.04. The number of hydrogen-bond acceptors (Lipinski definition) is 13. The second-order valence-corrected chi connectivity index (χ2v) is 12.0. The number of fused-ring (bicyclic) bond motifs is 1. The number of thiazole rings is 1. The topological polar surface area (TPSA) is 250 Å². The largest absolute Gasteiger partial charge is 0.490 e. The van der Waals surface area contributed by atoms with E-state index >= 15 is 0 Å². The van der Waals surface area contributed by atoms with Crippen molar-refractivity contribution in [3.05, 3.63) is 40.4 Å². The summed E-state index contributed by atoms with van der Waals surface area (Å²) < 4.78 is 41.1. The Labute approximate surface area is 251 Å². The predicted octanol–water partition coefficient (Wildman–Crippen LogP) is -0.656. The van der Waals surface area contributed by atoms with Crippen molar-refractivity contribution in [1.82, 2.24) is 20.3 Å². The highest BCUT2D eigenvalue weighted by Crippen LogP contribution is 2.33. The zero-order valence-corrected chi connectivity index (χ0v) is 25.1. The van der Waals surface area contributed by atoms with Crippen molar-refractivity contribution in [2.45, 2.75) is 44.9 Å². The number of aliphatic imine (C=N–C) groups is 1. The molecule has 0 unspecified atom stereocenters. The molecule has 1 aromatic carbocycles. The summed E-state index contributed by atoms with van der Waals surface area (Å²) in [5.74, 6) is -0.659. The first-order chi connectivity index (χ1) is 20.3. The van der Waals surface area contributed by atoms with Gasteiger partial charge in [-0.15, -0.1) is 15.6 Å². The summed E-state index contributed by atoms with van der Waals surface area (Å²) in [7, 11) is -4.95. The van der Waals surface area contributed by atoms with E-state index in [9.17, 15) is 18.0 Å². The summed E-state index contributed by atoms with van der Waals surface area (Å²) in [6.45, 7) is 5.29. The number of carbonyl (C=O) groups excluding carboxylic acids is 2. The Morgan fingerprint density at radius 3 is 2.67 bits per heavy atom. The van der Waals surface area contributed by atoms with Gasteiger partial charge in [-0.1, -0.05) is 11.2 Å². The van der Waals surface area contributed by atoms with Crippen LogP contribution in [-0.2, 0) is 42.2 Å². The Kier molecular flexibility index (Phi) is 9.70. The third-order valence-electron chi connectivity index (χ3n) is 6.56. The van der Waals surface area contributed by atoms with Gasteiger partial charge in [-0.05, 0) is 50.1 Å². The average Bonchev–Trinajstić information content (AvgIpc) is 3.57.